The van der Waals surface area contributed by atoms with Crippen LogP contribution in [0.5, 0.6) is 5.75 Å². The SMILES string of the molecule is CCCc1ccc(C(N)C2COc3ccccc32)cc1. The van der Waals surface area contributed by atoms with Gasteiger partial charge in [-0.15, -0.1) is 0 Å². The number of aryl methyl sites for hydroxylation is 1. The van der Waals surface area contributed by atoms with Gasteiger partial charge in [-0.1, -0.05) is 55.8 Å². The molecule has 0 aliphatic carbocycles. The van der Waals surface area contributed by atoms with E-state index < -0.39 is 0 Å². The molecule has 104 valence electrons. The first-order chi connectivity index (χ1) is 9.79. The van der Waals surface area contributed by atoms with Gasteiger partial charge in [0, 0.05) is 17.5 Å². The molecule has 1 aliphatic rings. The van der Waals surface area contributed by atoms with E-state index in [1.165, 1.54) is 23.1 Å². The first-order valence-corrected chi connectivity index (χ1v) is 7.35. The van der Waals surface area contributed by atoms with Crippen LogP contribution in [-0.2, 0) is 6.42 Å². The summed E-state index contributed by atoms with van der Waals surface area (Å²) in [4.78, 5) is 0. The smallest absolute Gasteiger partial charge is 0.122 e. The van der Waals surface area contributed by atoms with Crippen LogP contribution in [-0.4, -0.2) is 6.61 Å². The lowest BCUT2D eigenvalue weighted by Gasteiger charge is -2.19. The summed E-state index contributed by atoms with van der Waals surface area (Å²) in [6.45, 7) is 2.88. The quantitative estimate of drug-likeness (QED) is 0.914. The van der Waals surface area contributed by atoms with Crippen LogP contribution in [0.15, 0.2) is 48.5 Å². The molecule has 0 fully saturated rings. The summed E-state index contributed by atoms with van der Waals surface area (Å²) >= 11 is 0. The van der Waals surface area contributed by atoms with Gasteiger partial charge in [0.05, 0.1) is 6.61 Å². The van der Waals surface area contributed by atoms with E-state index in [1.807, 2.05) is 12.1 Å². The zero-order valence-electron chi connectivity index (χ0n) is 11.9. The molecule has 2 unspecified atom stereocenters. The normalized spacial score (nSPS) is 18.4. The van der Waals surface area contributed by atoms with E-state index in [4.69, 9.17) is 10.5 Å². The highest BCUT2D eigenvalue weighted by Gasteiger charge is 2.29. The van der Waals surface area contributed by atoms with Crippen LogP contribution in [0.3, 0.4) is 0 Å². The number of nitrogens with two attached hydrogens (primary N) is 1. The monoisotopic (exact) mass is 267 g/mol. The molecule has 2 atom stereocenters. The van der Waals surface area contributed by atoms with Gasteiger partial charge < -0.3 is 10.5 Å². The molecule has 0 spiro atoms. The summed E-state index contributed by atoms with van der Waals surface area (Å²) < 4.78 is 5.74. The summed E-state index contributed by atoms with van der Waals surface area (Å²) in [6.07, 6.45) is 2.31. The van der Waals surface area contributed by atoms with Crippen LogP contribution >= 0.6 is 0 Å². The molecule has 3 rings (SSSR count). The first kappa shape index (κ1) is 13.2. The van der Waals surface area contributed by atoms with Crippen molar-refractivity contribution in [3.8, 4) is 5.75 Å². The third kappa shape index (κ3) is 2.44. The summed E-state index contributed by atoms with van der Waals surface area (Å²) in [7, 11) is 0. The number of rotatable bonds is 4. The lowest BCUT2D eigenvalue weighted by atomic mass is 9.89. The molecule has 0 amide bonds. The minimum absolute atomic E-state index is 0.00525. The molecule has 0 aromatic heterocycles. The average molecular weight is 267 g/mol. The van der Waals surface area contributed by atoms with Crippen molar-refractivity contribution in [2.75, 3.05) is 6.61 Å². The summed E-state index contributed by atoms with van der Waals surface area (Å²) in [5.41, 5.74) is 10.3. The molecular weight excluding hydrogens is 246 g/mol. The zero-order chi connectivity index (χ0) is 13.9. The van der Waals surface area contributed by atoms with E-state index in [9.17, 15) is 0 Å². The second-order valence-corrected chi connectivity index (χ2v) is 5.47. The number of benzene rings is 2. The van der Waals surface area contributed by atoms with Crippen molar-refractivity contribution in [2.45, 2.75) is 31.7 Å². The van der Waals surface area contributed by atoms with Gasteiger partial charge in [-0.05, 0) is 23.6 Å². The van der Waals surface area contributed by atoms with Gasteiger partial charge in [-0.3, -0.25) is 0 Å². The lowest BCUT2D eigenvalue weighted by Crippen LogP contribution is -2.21. The highest BCUT2D eigenvalue weighted by atomic mass is 16.5. The van der Waals surface area contributed by atoms with E-state index in [0.717, 1.165) is 12.2 Å². The minimum atomic E-state index is -0.00525. The minimum Gasteiger partial charge on any atom is -0.493 e. The molecule has 0 radical (unpaired) electrons. The van der Waals surface area contributed by atoms with Crippen LogP contribution in [0.25, 0.3) is 0 Å². The molecule has 2 aromatic carbocycles. The van der Waals surface area contributed by atoms with Crippen molar-refractivity contribution < 1.29 is 4.74 Å². The second-order valence-electron chi connectivity index (χ2n) is 5.47. The topological polar surface area (TPSA) is 35.2 Å². The van der Waals surface area contributed by atoms with Crippen molar-refractivity contribution >= 4 is 0 Å². The van der Waals surface area contributed by atoms with Crippen LogP contribution < -0.4 is 10.5 Å². The Labute approximate surface area is 120 Å². The van der Waals surface area contributed by atoms with Crippen molar-refractivity contribution in [3.63, 3.8) is 0 Å². The standard InChI is InChI=1S/C18H21NO/c1-2-5-13-8-10-14(11-9-13)18(19)16-12-20-17-7-4-3-6-15(16)17/h3-4,6-11,16,18H,2,5,12,19H2,1H3. The summed E-state index contributed by atoms with van der Waals surface area (Å²) in [5, 5.41) is 0. The van der Waals surface area contributed by atoms with E-state index >= 15 is 0 Å². The molecule has 1 aliphatic heterocycles. The van der Waals surface area contributed by atoms with Gasteiger partial charge >= 0.3 is 0 Å². The Balaban J connectivity index is 1.81. The van der Waals surface area contributed by atoms with E-state index in [1.54, 1.807) is 0 Å². The fourth-order valence-electron chi connectivity index (χ4n) is 2.91. The van der Waals surface area contributed by atoms with Crippen molar-refractivity contribution in [2.24, 2.45) is 5.73 Å². The van der Waals surface area contributed by atoms with Crippen LogP contribution in [0.4, 0.5) is 0 Å². The molecule has 20 heavy (non-hydrogen) atoms. The van der Waals surface area contributed by atoms with Crippen molar-refractivity contribution in [1.82, 2.24) is 0 Å². The third-order valence-electron chi connectivity index (χ3n) is 4.07. The van der Waals surface area contributed by atoms with Gasteiger partial charge in [0.2, 0.25) is 0 Å². The molecule has 2 aromatic rings. The maximum atomic E-state index is 6.46. The Kier molecular flexibility index (Phi) is 3.75. The molecule has 1 heterocycles. The number of hydrogen-bond acceptors (Lipinski definition) is 2. The Morgan fingerprint density at radius 3 is 2.65 bits per heavy atom. The van der Waals surface area contributed by atoms with Gasteiger partial charge in [0.25, 0.3) is 0 Å². The summed E-state index contributed by atoms with van der Waals surface area (Å²) in [6, 6.07) is 16.9. The van der Waals surface area contributed by atoms with Gasteiger partial charge in [-0.2, -0.15) is 0 Å². The third-order valence-corrected chi connectivity index (χ3v) is 4.07. The number of hydrogen-bond donors (Lipinski definition) is 1. The summed E-state index contributed by atoms with van der Waals surface area (Å²) in [5.74, 6) is 1.23. The molecule has 0 saturated heterocycles. The predicted molar refractivity (Wildman–Crippen MR) is 82.0 cm³/mol. The predicted octanol–water partition coefficient (Wildman–Crippen LogP) is 3.82. The van der Waals surface area contributed by atoms with E-state index in [2.05, 4.69) is 43.3 Å². The number of fused-ring (bicyclic) bond motifs is 1. The largest absolute Gasteiger partial charge is 0.493 e. The fraction of sp³-hybridized carbons (Fsp3) is 0.333. The Hall–Kier alpha value is -1.80. The van der Waals surface area contributed by atoms with Crippen LogP contribution in [0.1, 0.15) is 42.0 Å². The maximum Gasteiger partial charge on any atom is 0.122 e. The van der Waals surface area contributed by atoms with Crippen LogP contribution in [0, 0.1) is 0 Å². The molecule has 2 nitrogen and oxygen atoms in total. The zero-order valence-corrected chi connectivity index (χ0v) is 11.9. The molecule has 2 N–H and O–H groups in total. The Bertz CT molecular complexity index is 576. The van der Waals surface area contributed by atoms with Gasteiger partial charge in [0.1, 0.15) is 5.75 Å². The van der Waals surface area contributed by atoms with Gasteiger partial charge in [0.15, 0.2) is 0 Å². The molecule has 0 saturated carbocycles. The molecule has 0 bridgehead atoms. The number of para-hydroxylation sites is 1. The fourth-order valence-corrected chi connectivity index (χ4v) is 2.91. The Morgan fingerprint density at radius 2 is 1.90 bits per heavy atom. The average Bonchev–Trinajstić information content (AvgIpc) is 2.92. The first-order valence-electron chi connectivity index (χ1n) is 7.35. The van der Waals surface area contributed by atoms with Crippen LogP contribution in [0.2, 0.25) is 0 Å². The highest BCUT2D eigenvalue weighted by molar-refractivity contribution is 5.42. The number of ether oxygens (including phenoxy) is 1. The Morgan fingerprint density at radius 1 is 1.15 bits per heavy atom. The lowest BCUT2D eigenvalue weighted by molar-refractivity contribution is 0.315. The second kappa shape index (κ2) is 5.68. The molecular formula is C18H21NO. The maximum absolute atomic E-state index is 6.46. The van der Waals surface area contributed by atoms with Crippen molar-refractivity contribution in [3.05, 3.63) is 65.2 Å². The highest BCUT2D eigenvalue weighted by Crippen LogP contribution is 2.39. The van der Waals surface area contributed by atoms with E-state index in [-0.39, 0.29) is 12.0 Å². The van der Waals surface area contributed by atoms with Crippen molar-refractivity contribution in [1.29, 1.82) is 0 Å². The van der Waals surface area contributed by atoms with E-state index in [0.29, 0.717) is 6.61 Å². The van der Waals surface area contributed by atoms with Gasteiger partial charge in [-0.25, -0.2) is 0 Å². The molecule has 2 heteroatoms.